The van der Waals surface area contributed by atoms with E-state index in [-0.39, 0.29) is 42.8 Å². The van der Waals surface area contributed by atoms with Gasteiger partial charge < -0.3 is 26.0 Å². The predicted molar refractivity (Wildman–Crippen MR) is 98.6 cm³/mol. The number of nitrogens with zero attached hydrogens (tertiary/aromatic N) is 1. The van der Waals surface area contributed by atoms with Crippen molar-refractivity contribution in [1.29, 1.82) is 0 Å². The molecule has 0 aliphatic rings. The van der Waals surface area contributed by atoms with Crippen LogP contribution in [0.3, 0.4) is 0 Å². The molecule has 4 amide bonds. The number of benzene rings is 1. The minimum atomic E-state index is -0.518. The van der Waals surface area contributed by atoms with Crippen LogP contribution >= 0.6 is 11.6 Å². The summed E-state index contributed by atoms with van der Waals surface area (Å²) in [5.74, 6) is -0.518. The number of hydrogen-bond donors (Lipinski definition) is 4. The van der Waals surface area contributed by atoms with Gasteiger partial charge in [-0.25, -0.2) is 14.0 Å². The third-order valence-corrected chi connectivity index (χ3v) is 4.35. The van der Waals surface area contributed by atoms with Gasteiger partial charge in [-0.2, -0.15) is 0 Å². The standard InChI is InChI=1S/C17H26ClFN4O3/c1-12(5-4-8-20-16(25)21-9-10-24)23(2)17(26)22-11-13-6-3-7-14(19)15(13)18/h3,6-7,12,24H,4-5,8-11H2,1-2H3,(H,22,26)(H2,20,21,25). The fourth-order valence-electron chi connectivity index (χ4n) is 2.21. The summed E-state index contributed by atoms with van der Waals surface area (Å²) in [6.45, 7) is 2.61. The Morgan fingerprint density at radius 3 is 2.65 bits per heavy atom. The van der Waals surface area contributed by atoms with Crippen molar-refractivity contribution in [2.45, 2.75) is 32.4 Å². The first-order chi connectivity index (χ1) is 12.4. The van der Waals surface area contributed by atoms with Crippen LogP contribution in [0.25, 0.3) is 0 Å². The van der Waals surface area contributed by atoms with Crippen molar-refractivity contribution in [2.24, 2.45) is 0 Å². The maximum atomic E-state index is 13.4. The number of amides is 4. The Balaban J connectivity index is 2.31. The second-order valence-corrected chi connectivity index (χ2v) is 6.26. The lowest BCUT2D eigenvalue weighted by Gasteiger charge is -2.25. The molecule has 0 aromatic heterocycles. The van der Waals surface area contributed by atoms with Gasteiger partial charge in [0.1, 0.15) is 5.82 Å². The number of hydrogen-bond acceptors (Lipinski definition) is 3. The first-order valence-electron chi connectivity index (χ1n) is 8.43. The molecule has 0 aliphatic carbocycles. The van der Waals surface area contributed by atoms with Crippen LogP contribution in [0, 0.1) is 5.82 Å². The molecule has 26 heavy (non-hydrogen) atoms. The van der Waals surface area contributed by atoms with Crippen molar-refractivity contribution in [3.8, 4) is 0 Å². The molecule has 0 saturated carbocycles. The molecule has 0 saturated heterocycles. The molecule has 146 valence electrons. The van der Waals surface area contributed by atoms with E-state index in [1.54, 1.807) is 24.1 Å². The third kappa shape index (κ3) is 7.45. The van der Waals surface area contributed by atoms with E-state index >= 15 is 0 Å². The van der Waals surface area contributed by atoms with Gasteiger partial charge in [-0.1, -0.05) is 23.7 Å². The number of carbonyl (C=O) groups is 2. The van der Waals surface area contributed by atoms with E-state index < -0.39 is 5.82 Å². The van der Waals surface area contributed by atoms with Crippen LogP contribution in [0.15, 0.2) is 18.2 Å². The third-order valence-electron chi connectivity index (χ3n) is 3.92. The zero-order valence-electron chi connectivity index (χ0n) is 15.0. The number of urea groups is 2. The van der Waals surface area contributed by atoms with Crippen molar-refractivity contribution < 1.29 is 19.1 Å². The summed E-state index contributed by atoms with van der Waals surface area (Å²) >= 11 is 5.87. The SMILES string of the molecule is CC(CCCNC(=O)NCCO)N(C)C(=O)NCc1cccc(F)c1Cl. The molecular weight excluding hydrogens is 363 g/mol. The second-order valence-electron chi connectivity index (χ2n) is 5.88. The van der Waals surface area contributed by atoms with Crippen LogP contribution in [0.1, 0.15) is 25.3 Å². The molecule has 7 nitrogen and oxygen atoms in total. The summed E-state index contributed by atoms with van der Waals surface area (Å²) in [5.41, 5.74) is 0.513. The topological polar surface area (TPSA) is 93.7 Å². The molecular formula is C17H26ClFN4O3. The average molecular weight is 389 g/mol. The Labute approximate surface area is 157 Å². The van der Waals surface area contributed by atoms with Crippen LogP contribution in [0.2, 0.25) is 5.02 Å². The highest BCUT2D eigenvalue weighted by molar-refractivity contribution is 6.31. The molecule has 1 unspecified atom stereocenters. The Kier molecular flexibility index (Phi) is 9.75. The summed E-state index contributed by atoms with van der Waals surface area (Å²) in [6.07, 6.45) is 1.39. The van der Waals surface area contributed by atoms with Gasteiger partial charge in [0, 0.05) is 32.7 Å². The van der Waals surface area contributed by atoms with Crippen LogP contribution < -0.4 is 16.0 Å². The van der Waals surface area contributed by atoms with Crippen molar-refractivity contribution in [3.05, 3.63) is 34.6 Å². The van der Waals surface area contributed by atoms with Crippen LogP contribution in [-0.2, 0) is 6.54 Å². The van der Waals surface area contributed by atoms with Gasteiger partial charge in [-0.3, -0.25) is 0 Å². The van der Waals surface area contributed by atoms with Crippen molar-refractivity contribution in [2.75, 3.05) is 26.7 Å². The molecule has 0 bridgehead atoms. The normalized spacial score (nSPS) is 11.6. The van der Waals surface area contributed by atoms with Crippen molar-refractivity contribution >= 4 is 23.7 Å². The molecule has 9 heteroatoms. The van der Waals surface area contributed by atoms with Crippen LogP contribution in [0.5, 0.6) is 0 Å². The minimum Gasteiger partial charge on any atom is -0.395 e. The summed E-state index contributed by atoms with van der Waals surface area (Å²) in [6, 6.07) is 3.80. The van der Waals surface area contributed by atoms with Gasteiger partial charge in [-0.15, -0.1) is 0 Å². The fourth-order valence-corrected chi connectivity index (χ4v) is 2.40. The van der Waals surface area contributed by atoms with Crippen LogP contribution in [-0.4, -0.2) is 54.9 Å². The number of aliphatic hydroxyl groups excluding tert-OH is 1. The van der Waals surface area contributed by atoms with Gasteiger partial charge in [0.25, 0.3) is 0 Å². The number of nitrogens with one attached hydrogen (secondary N) is 3. The second kappa shape index (κ2) is 11.5. The van der Waals surface area contributed by atoms with Gasteiger partial charge in [-0.05, 0) is 31.4 Å². The lowest BCUT2D eigenvalue weighted by molar-refractivity contribution is 0.190. The van der Waals surface area contributed by atoms with Crippen molar-refractivity contribution in [3.63, 3.8) is 0 Å². The maximum absolute atomic E-state index is 13.4. The smallest absolute Gasteiger partial charge is 0.317 e. The average Bonchev–Trinajstić information content (AvgIpc) is 2.63. The van der Waals surface area contributed by atoms with Gasteiger partial charge in [0.05, 0.1) is 11.6 Å². The Morgan fingerprint density at radius 1 is 1.27 bits per heavy atom. The Bertz CT molecular complexity index is 603. The fraction of sp³-hybridized carbons (Fsp3) is 0.529. The zero-order chi connectivity index (χ0) is 19.5. The van der Waals surface area contributed by atoms with Crippen LogP contribution in [0.4, 0.5) is 14.0 Å². The monoisotopic (exact) mass is 388 g/mol. The van der Waals surface area contributed by atoms with Gasteiger partial charge in [0.15, 0.2) is 0 Å². The lowest BCUT2D eigenvalue weighted by Crippen LogP contribution is -2.42. The highest BCUT2D eigenvalue weighted by atomic mass is 35.5. The maximum Gasteiger partial charge on any atom is 0.317 e. The largest absolute Gasteiger partial charge is 0.395 e. The van der Waals surface area contributed by atoms with E-state index in [9.17, 15) is 14.0 Å². The molecule has 1 aromatic rings. The summed E-state index contributed by atoms with van der Waals surface area (Å²) < 4.78 is 13.4. The first kappa shape index (κ1) is 22.0. The molecule has 0 heterocycles. The van der Waals surface area contributed by atoms with E-state index in [1.807, 2.05) is 6.92 Å². The number of aliphatic hydroxyl groups is 1. The minimum absolute atomic E-state index is 0.00838. The molecule has 0 fully saturated rings. The summed E-state index contributed by atoms with van der Waals surface area (Å²) in [5, 5.41) is 16.5. The molecule has 0 spiro atoms. The van der Waals surface area contributed by atoms with Crippen molar-refractivity contribution in [1.82, 2.24) is 20.9 Å². The molecule has 1 atom stereocenters. The highest BCUT2D eigenvalue weighted by Gasteiger charge is 2.16. The number of rotatable bonds is 9. The van der Waals surface area contributed by atoms with E-state index in [0.29, 0.717) is 24.9 Å². The van der Waals surface area contributed by atoms with Gasteiger partial charge in [0.2, 0.25) is 0 Å². The van der Waals surface area contributed by atoms with E-state index in [2.05, 4.69) is 16.0 Å². The van der Waals surface area contributed by atoms with E-state index in [1.165, 1.54) is 6.07 Å². The Hall–Kier alpha value is -2.06. The van der Waals surface area contributed by atoms with Gasteiger partial charge >= 0.3 is 12.1 Å². The highest BCUT2D eigenvalue weighted by Crippen LogP contribution is 2.19. The summed E-state index contributed by atoms with van der Waals surface area (Å²) in [7, 11) is 1.68. The van der Waals surface area contributed by atoms with E-state index in [0.717, 1.165) is 0 Å². The quantitative estimate of drug-likeness (QED) is 0.488. The predicted octanol–water partition coefficient (Wildman–Crippen LogP) is 2.08. The molecule has 4 N–H and O–H groups in total. The van der Waals surface area contributed by atoms with E-state index in [4.69, 9.17) is 16.7 Å². The first-order valence-corrected chi connectivity index (χ1v) is 8.80. The number of carbonyl (C=O) groups excluding carboxylic acids is 2. The molecule has 0 radical (unpaired) electrons. The number of halogens is 2. The molecule has 1 aromatic carbocycles. The molecule has 0 aliphatic heterocycles. The Morgan fingerprint density at radius 2 is 1.96 bits per heavy atom. The molecule has 1 rings (SSSR count). The lowest BCUT2D eigenvalue weighted by atomic mass is 10.1. The zero-order valence-corrected chi connectivity index (χ0v) is 15.8. The summed E-state index contributed by atoms with van der Waals surface area (Å²) in [4.78, 5) is 25.1.